The number of carbonyl (C=O) groups is 1. The highest BCUT2D eigenvalue weighted by Crippen LogP contribution is 2.44. The van der Waals surface area contributed by atoms with Gasteiger partial charge in [0.1, 0.15) is 5.82 Å². The average molecular weight is 764 g/mol. The van der Waals surface area contributed by atoms with Crippen molar-refractivity contribution < 1.29 is 31.5 Å². The first kappa shape index (κ1) is 38.1. The molecule has 2 N–H and O–H groups in total. The number of hydrogen-bond acceptors (Lipinski definition) is 6. The number of benzene rings is 3. The summed E-state index contributed by atoms with van der Waals surface area (Å²) in [6.07, 6.45) is 2.97. The monoisotopic (exact) mass is 763 g/mol. The fourth-order valence-electron chi connectivity index (χ4n) is 7.28. The molecular formula is C39H40F3N5O4S2. The zero-order valence-corrected chi connectivity index (χ0v) is 31.7. The van der Waals surface area contributed by atoms with Crippen molar-refractivity contribution in [3.05, 3.63) is 100 Å². The number of aromatic amines is 1. The summed E-state index contributed by atoms with van der Waals surface area (Å²) in [6.45, 7) is 15.0. The van der Waals surface area contributed by atoms with Crippen LogP contribution in [0.4, 0.5) is 18.9 Å². The molecule has 5 aromatic rings. The highest BCUT2D eigenvalue weighted by atomic mass is 32.2. The molecule has 3 aromatic carbocycles. The van der Waals surface area contributed by atoms with E-state index in [1.165, 1.54) is 29.1 Å². The number of rotatable bonds is 4. The van der Waals surface area contributed by atoms with Crippen LogP contribution in [0.3, 0.4) is 0 Å². The van der Waals surface area contributed by atoms with Gasteiger partial charge in [-0.05, 0) is 72.9 Å². The van der Waals surface area contributed by atoms with Gasteiger partial charge in [0.25, 0.3) is 0 Å². The quantitative estimate of drug-likeness (QED) is 0.176. The highest BCUT2D eigenvalue weighted by Gasteiger charge is 2.36. The van der Waals surface area contributed by atoms with E-state index in [0.717, 1.165) is 22.9 Å². The van der Waals surface area contributed by atoms with Crippen molar-refractivity contribution in [2.24, 2.45) is 18.4 Å². The Kier molecular flexibility index (Phi) is 10.3. The maximum Gasteiger partial charge on any atom is 0.306 e. The second-order valence-corrected chi connectivity index (χ2v) is 18.2. The third-order valence-corrected chi connectivity index (χ3v) is 13.3. The molecule has 9 nitrogen and oxygen atoms in total. The number of aryl methyl sites for hydroxylation is 2. The van der Waals surface area contributed by atoms with Crippen LogP contribution in [0.25, 0.3) is 27.1 Å². The van der Waals surface area contributed by atoms with E-state index in [9.17, 15) is 18.3 Å². The Morgan fingerprint density at radius 1 is 1.13 bits per heavy atom. The Morgan fingerprint density at radius 2 is 1.89 bits per heavy atom. The van der Waals surface area contributed by atoms with Crippen LogP contribution >= 0.6 is 11.8 Å². The molecule has 0 unspecified atom stereocenters. The third kappa shape index (κ3) is 7.59. The number of H-pyrrole nitrogens is 1. The van der Waals surface area contributed by atoms with Crippen molar-refractivity contribution in [2.45, 2.75) is 75.0 Å². The number of fused-ring (bicyclic) bond motifs is 8. The molecule has 0 radical (unpaired) electrons. The average Bonchev–Trinajstić information content (AvgIpc) is 3.70. The first-order chi connectivity index (χ1) is 24.9. The number of halogens is 3. The van der Waals surface area contributed by atoms with Crippen LogP contribution in [-0.4, -0.2) is 50.7 Å². The number of aliphatic carboxylic acids is 1. The van der Waals surface area contributed by atoms with E-state index in [1.807, 2.05) is 45.0 Å². The van der Waals surface area contributed by atoms with Gasteiger partial charge in [0.15, 0.2) is 33.1 Å². The van der Waals surface area contributed by atoms with E-state index < -0.39 is 50.0 Å². The lowest BCUT2D eigenvalue weighted by Crippen LogP contribution is -2.29. The lowest BCUT2D eigenvalue weighted by Gasteiger charge is -2.31. The maximum absolute atomic E-state index is 16.0. The molecule has 2 aromatic heterocycles. The first-order valence-corrected chi connectivity index (χ1v) is 19.9. The third-order valence-electron chi connectivity index (χ3n) is 10.2. The molecule has 53 heavy (non-hydrogen) atoms. The number of sulfone groups is 1. The molecule has 4 bridgehead atoms. The fraction of sp³-hybridized carbons (Fsp3) is 0.385. The van der Waals surface area contributed by atoms with Crippen LogP contribution in [0, 0.1) is 35.4 Å². The summed E-state index contributed by atoms with van der Waals surface area (Å²) in [6, 6.07) is 11.7. The van der Waals surface area contributed by atoms with E-state index in [1.54, 1.807) is 14.0 Å². The van der Waals surface area contributed by atoms with Crippen LogP contribution in [-0.2, 0) is 39.9 Å². The number of carboxylic acid groups (broad SMARTS) is 1. The normalized spacial score (nSPS) is 19.5. The summed E-state index contributed by atoms with van der Waals surface area (Å²) in [5.74, 6) is -4.47. The fourth-order valence-corrected chi connectivity index (χ4v) is 10.3. The Bertz CT molecular complexity index is 2400. The van der Waals surface area contributed by atoms with Gasteiger partial charge in [0, 0.05) is 23.5 Å². The number of aromatic nitrogens is 4. The van der Waals surface area contributed by atoms with Crippen LogP contribution in [0.15, 0.2) is 58.5 Å². The Balaban J connectivity index is 1.53. The van der Waals surface area contributed by atoms with Crippen LogP contribution in [0.1, 0.15) is 69.5 Å². The van der Waals surface area contributed by atoms with Crippen molar-refractivity contribution in [3.8, 4) is 11.4 Å². The summed E-state index contributed by atoms with van der Waals surface area (Å²) in [7, 11) is -2.10. The van der Waals surface area contributed by atoms with E-state index >= 15 is 13.2 Å². The van der Waals surface area contributed by atoms with E-state index in [2.05, 4.69) is 9.83 Å². The van der Waals surface area contributed by atoms with Gasteiger partial charge >= 0.3 is 5.97 Å². The predicted octanol–water partition coefficient (Wildman–Crippen LogP) is 8.82. The van der Waals surface area contributed by atoms with Gasteiger partial charge in [-0.1, -0.05) is 63.2 Å². The first-order valence-electron chi connectivity index (χ1n) is 17.2. The maximum atomic E-state index is 16.0. The van der Waals surface area contributed by atoms with E-state index in [4.69, 9.17) is 16.7 Å². The van der Waals surface area contributed by atoms with Gasteiger partial charge in [-0.3, -0.25) is 4.79 Å². The van der Waals surface area contributed by atoms with Crippen LogP contribution in [0.2, 0.25) is 0 Å². The van der Waals surface area contributed by atoms with E-state index in [-0.39, 0.29) is 56.4 Å². The zero-order valence-electron chi connectivity index (χ0n) is 30.1. The highest BCUT2D eigenvalue weighted by molar-refractivity contribution is 7.99. The van der Waals surface area contributed by atoms with Crippen molar-refractivity contribution in [2.75, 3.05) is 11.5 Å². The molecular weight excluding hydrogens is 724 g/mol. The molecule has 0 saturated heterocycles. The standard InChI is InChI=1S/C39H40F3N5O4S2/c1-22(36(48)49)17-23-9-7-10-24(18-23)39(4)15-8-14-38(2,3)21-53(50,51)16-13-26-30-29(43-5)20-44-33(30)31(41)32(42)34(26)52-25-11-12-28(40)27(19-25)35-45-37(39)46-47(35)6/h7,9-12,18-20,22,44H,8,13-17,21H2,1-4,6H3,(H,48,49)/t22-,39-/m1/s1. The largest absolute Gasteiger partial charge is 0.481 e. The minimum Gasteiger partial charge on any atom is -0.481 e. The molecule has 0 amide bonds. The molecule has 0 aliphatic carbocycles. The Morgan fingerprint density at radius 3 is 2.60 bits per heavy atom. The molecule has 3 heterocycles. The van der Waals surface area contributed by atoms with Gasteiger partial charge in [-0.25, -0.2) is 36.1 Å². The van der Waals surface area contributed by atoms with Crippen molar-refractivity contribution >= 4 is 44.2 Å². The molecule has 6 rings (SSSR count). The number of nitrogens with zero attached hydrogens (tertiary/aromatic N) is 4. The minimum absolute atomic E-state index is 0.0343. The Labute approximate surface area is 310 Å². The van der Waals surface area contributed by atoms with Gasteiger partial charge in [0.2, 0.25) is 5.69 Å². The van der Waals surface area contributed by atoms with Crippen molar-refractivity contribution in [1.29, 1.82) is 0 Å². The molecule has 0 spiro atoms. The molecule has 0 saturated carbocycles. The van der Waals surface area contributed by atoms with E-state index in [0.29, 0.717) is 36.4 Å². The smallest absolute Gasteiger partial charge is 0.306 e. The Hall–Kier alpha value is -4.61. The van der Waals surface area contributed by atoms with Crippen molar-refractivity contribution in [3.63, 3.8) is 0 Å². The molecule has 14 heteroatoms. The predicted molar refractivity (Wildman–Crippen MR) is 198 cm³/mol. The second-order valence-electron chi connectivity index (χ2n) is 14.9. The van der Waals surface area contributed by atoms with Crippen LogP contribution < -0.4 is 0 Å². The number of hydrogen-bond donors (Lipinski definition) is 2. The van der Waals surface area contributed by atoms with Gasteiger partial charge < -0.3 is 10.1 Å². The van der Waals surface area contributed by atoms with Gasteiger partial charge in [0.05, 0.1) is 45.4 Å². The number of nitrogens with one attached hydrogen (secondary N) is 1. The topological polar surface area (TPSA) is 122 Å². The second kappa shape index (κ2) is 14.3. The summed E-state index contributed by atoms with van der Waals surface area (Å²) >= 11 is 0.820. The summed E-state index contributed by atoms with van der Waals surface area (Å²) in [5, 5.41) is 14.4. The number of carboxylic acids is 1. The summed E-state index contributed by atoms with van der Waals surface area (Å²) in [5.41, 5.74) is 0.198. The zero-order chi connectivity index (χ0) is 38.5. The van der Waals surface area contributed by atoms with Gasteiger partial charge in [-0.2, -0.15) is 5.10 Å². The van der Waals surface area contributed by atoms with Crippen LogP contribution in [0.5, 0.6) is 0 Å². The molecule has 0 fully saturated rings. The summed E-state index contributed by atoms with van der Waals surface area (Å²) < 4.78 is 76.2. The lowest BCUT2D eigenvalue weighted by molar-refractivity contribution is -0.141. The van der Waals surface area contributed by atoms with Crippen molar-refractivity contribution in [1.82, 2.24) is 19.7 Å². The summed E-state index contributed by atoms with van der Waals surface area (Å²) in [4.78, 5) is 22.8. The molecule has 278 valence electrons. The SMILES string of the molecule is [C-]#[N+]c1c[nH]c2c(F)c(F)c3c(c12)CCS(=O)(=O)CC(C)(C)CCC[C@](C)(c1cccc(C[C@@H](C)C(=O)O)c1)c1nc(n(C)n1)-c1cc(ccc1F)S3. The lowest BCUT2D eigenvalue weighted by atomic mass is 9.75. The molecule has 1 aliphatic heterocycles. The minimum atomic E-state index is -3.75. The van der Waals surface area contributed by atoms with Gasteiger partial charge in [-0.15, -0.1) is 0 Å². The molecule has 2 atom stereocenters. The molecule has 1 aliphatic rings.